The van der Waals surface area contributed by atoms with Crippen LogP contribution >= 0.6 is 0 Å². The summed E-state index contributed by atoms with van der Waals surface area (Å²) in [4.78, 5) is 0. The highest BCUT2D eigenvalue weighted by molar-refractivity contribution is 5.05. The molecule has 0 spiro atoms. The van der Waals surface area contributed by atoms with Gasteiger partial charge in [0.25, 0.3) is 0 Å². The lowest BCUT2D eigenvalue weighted by Crippen LogP contribution is -2.54. The molecule has 2 bridgehead atoms. The van der Waals surface area contributed by atoms with Gasteiger partial charge in [0.2, 0.25) is 0 Å². The Bertz CT molecular complexity index is 218. The van der Waals surface area contributed by atoms with Crippen molar-refractivity contribution in [1.29, 1.82) is 0 Å². The molecule has 0 aromatic heterocycles. The summed E-state index contributed by atoms with van der Waals surface area (Å²) in [6.45, 7) is 1.17. The van der Waals surface area contributed by atoms with Gasteiger partial charge >= 0.3 is 0 Å². The van der Waals surface area contributed by atoms with E-state index in [1.165, 1.54) is 32.2 Å². The summed E-state index contributed by atoms with van der Waals surface area (Å²) in [5, 5.41) is 14.1. The van der Waals surface area contributed by atoms with Crippen molar-refractivity contribution in [3.63, 3.8) is 0 Å². The first kappa shape index (κ1) is 8.25. The molecule has 74 valence electrons. The third-order valence-electron chi connectivity index (χ3n) is 4.49. The lowest BCUT2D eigenvalue weighted by Gasteiger charge is -2.45. The van der Waals surface area contributed by atoms with Crippen LogP contribution in [-0.4, -0.2) is 23.3 Å². The van der Waals surface area contributed by atoms with Gasteiger partial charge < -0.3 is 10.4 Å². The molecule has 3 rings (SSSR count). The molecular formula is C11H19NO. The predicted molar refractivity (Wildman–Crippen MR) is 51.4 cm³/mol. The fourth-order valence-corrected chi connectivity index (χ4v) is 3.90. The van der Waals surface area contributed by atoms with E-state index in [2.05, 4.69) is 5.32 Å². The normalized spacial score (nSPS) is 54.7. The zero-order chi connectivity index (χ0) is 8.89. The number of hydrogen-bond donors (Lipinski definition) is 2. The van der Waals surface area contributed by atoms with Gasteiger partial charge in [-0.3, -0.25) is 0 Å². The minimum atomic E-state index is -0.277. The van der Waals surface area contributed by atoms with Crippen LogP contribution in [0, 0.1) is 11.8 Å². The van der Waals surface area contributed by atoms with Gasteiger partial charge in [0.1, 0.15) is 0 Å². The van der Waals surface area contributed by atoms with E-state index < -0.39 is 0 Å². The molecule has 0 radical (unpaired) electrons. The maximum absolute atomic E-state index is 10.5. The molecule has 4 atom stereocenters. The van der Waals surface area contributed by atoms with E-state index >= 15 is 0 Å². The van der Waals surface area contributed by atoms with Gasteiger partial charge in [-0.1, -0.05) is 0 Å². The number of fused-ring (bicyclic) bond motifs is 4. The van der Waals surface area contributed by atoms with Gasteiger partial charge in [-0.2, -0.15) is 0 Å². The Morgan fingerprint density at radius 3 is 3.15 bits per heavy atom. The molecular weight excluding hydrogens is 162 g/mol. The van der Waals surface area contributed by atoms with Crippen LogP contribution in [0.1, 0.15) is 38.5 Å². The highest BCUT2D eigenvalue weighted by Crippen LogP contribution is 2.50. The van der Waals surface area contributed by atoms with Crippen molar-refractivity contribution in [3.05, 3.63) is 0 Å². The van der Waals surface area contributed by atoms with E-state index in [0.29, 0.717) is 12.0 Å². The Balaban J connectivity index is 1.87. The molecule has 0 unspecified atom stereocenters. The zero-order valence-corrected chi connectivity index (χ0v) is 8.13. The Labute approximate surface area is 79.7 Å². The SMILES string of the molecule is O[C@]12CC[C@H](C[C@@H]3NCCC[C@@H]31)C2. The second kappa shape index (κ2) is 2.71. The highest BCUT2D eigenvalue weighted by atomic mass is 16.3. The van der Waals surface area contributed by atoms with Crippen molar-refractivity contribution in [2.75, 3.05) is 6.54 Å². The fraction of sp³-hybridized carbons (Fsp3) is 1.00. The third-order valence-corrected chi connectivity index (χ3v) is 4.49. The van der Waals surface area contributed by atoms with Crippen LogP contribution in [0.2, 0.25) is 0 Å². The molecule has 2 heteroatoms. The van der Waals surface area contributed by atoms with E-state index in [9.17, 15) is 5.11 Å². The second-order valence-electron chi connectivity index (χ2n) is 5.26. The van der Waals surface area contributed by atoms with Gasteiger partial charge in [0, 0.05) is 12.0 Å². The number of aliphatic hydroxyl groups is 1. The number of piperidine rings is 1. The summed E-state index contributed by atoms with van der Waals surface area (Å²) in [6, 6.07) is 0.639. The standard InChI is InChI=1S/C11H19NO/c13-11-4-3-8(7-11)6-10-9(11)2-1-5-12-10/h8-10,12-13H,1-7H2/t8-,9+,10+,11+/m1/s1. The van der Waals surface area contributed by atoms with E-state index in [1.54, 1.807) is 0 Å². The molecule has 2 N–H and O–H groups in total. The summed E-state index contributed by atoms with van der Waals surface area (Å²) >= 11 is 0. The van der Waals surface area contributed by atoms with Gasteiger partial charge in [0.05, 0.1) is 5.60 Å². The number of hydrogen-bond acceptors (Lipinski definition) is 2. The quantitative estimate of drug-likeness (QED) is 0.590. The van der Waals surface area contributed by atoms with Crippen LogP contribution in [0.3, 0.4) is 0 Å². The lowest BCUT2D eigenvalue weighted by atomic mass is 9.70. The third kappa shape index (κ3) is 1.15. The van der Waals surface area contributed by atoms with Crippen LogP contribution in [0.5, 0.6) is 0 Å². The van der Waals surface area contributed by atoms with Gasteiger partial charge in [0.15, 0.2) is 0 Å². The number of nitrogens with one attached hydrogen (secondary N) is 1. The van der Waals surface area contributed by atoms with E-state index in [4.69, 9.17) is 0 Å². The monoisotopic (exact) mass is 181 g/mol. The molecule has 3 aliphatic rings. The second-order valence-corrected chi connectivity index (χ2v) is 5.26. The van der Waals surface area contributed by atoms with Crippen LogP contribution in [0.4, 0.5) is 0 Å². The van der Waals surface area contributed by atoms with Crippen molar-refractivity contribution in [1.82, 2.24) is 5.32 Å². The van der Waals surface area contributed by atoms with Crippen molar-refractivity contribution in [3.8, 4) is 0 Å². The molecule has 0 aromatic carbocycles. The molecule has 1 aliphatic heterocycles. The minimum absolute atomic E-state index is 0.277. The zero-order valence-electron chi connectivity index (χ0n) is 8.13. The Morgan fingerprint density at radius 2 is 2.23 bits per heavy atom. The molecule has 1 saturated heterocycles. The average molecular weight is 181 g/mol. The summed E-state index contributed by atoms with van der Waals surface area (Å²) < 4.78 is 0. The molecule has 1 heterocycles. The molecule has 0 amide bonds. The van der Waals surface area contributed by atoms with Gasteiger partial charge in [-0.25, -0.2) is 0 Å². The van der Waals surface area contributed by atoms with Crippen molar-refractivity contribution >= 4 is 0 Å². The van der Waals surface area contributed by atoms with Gasteiger partial charge in [-0.15, -0.1) is 0 Å². The smallest absolute Gasteiger partial charge is 0.0693 e. The summed E-state index contributed by atoms with van der Waals surface area (Å²) in [5.41, 5.74) is -0.277. The van der Waals surface area contributed by atoms with Gasteiger partial charge in [-0.05, 0) is 51.0 Å². The van der Waals surface area contributed by atoms with E-state index in [0.717, 1.165) is 18.8 Å². The molecule has 0 aromatic rings. The van der Waals surface area contributed by atoms with Crippen LogP contribution in [0.25, 0.3) is 0 Å². The Kier molecular flexibility index (Phi) is 1.72. The van der Waals surface area contributed by atoms with Crippen molar-refractivity contribution < 1.29 is 5.11 Å². The van der Waals surface area contributed by atoms with Crippen LogP contribution in [0.15, 0.2) is 0 Å². The molecule has 2 saturated carbocycles. The molecule has 3 fully saturated rings. The van der Waals surface area contributed by atoms with Crippen LogP contribution < -0.4 is 5.32 Å². The molecule has 2 aliphatic carbocycles. The summed E-state index contributed by atoms with van der Waals surface area (Å²) in [7, 11) is 0. The fourth-order valence-electron chi connectivity index (χ4n) is 3.90. The topological polar surface area (TPSA) is 32.3 Å². The minimum Gasteiger partial charge on any atom is -0.390 e. The first-order valence-corrected chi connectivity index (χ1v) is 5.74. The Hall–Kier alpha value is -0.0800. The average Bonchev–Trinajstić information content (AvgIpc) is 2.44. The van der Waals surface area contributed by atoms with Crippen LogP contribution in [-0.2, 0) is 0 Å². The largest absolute Gasteiger partial charge is 0.390 e. The highest BCUT2D eigenvalue weighted by Gasteiger charge is 2.51. The maximum Gasteiger partial charge on any atom is 0.0693 e. The number of rotatable bonds is 0. The maximum atomic E-state index is 10.5. The summed E-state index contributed by atoms with van der Waals surface area (Å²) in [5.74, 6) is 1.39. The lowest BCUT2D eigenvalue weighted by molar-refractivity contribution is -0.0606. The Morgan fingerprint density at radius 1 is 1.31 bits per heavy atom. The van der Waals surface area contributed by atoms with Crippen molar-refractivity contribution in [2.45, 2.75) is 50.2 Å². The first-order chi connectivity index (χ1) is 6.28. The van der Waals surface area contributed by atoms with E-state index in [1.807, 2.05) is 0 Å². The summed E-state index contributed by atoms with van der Waals surface area (Å²) in [6.07, 6.45) is 7.27. The molecule has 2 nitrogen and oxygen atoms in total. The van der Waals surface area contributed by atoms with E-state index in [-0.39, 0.29) is 5.60 Å². The predicted octanol–water partition coefficient (Wildman–Crippen LogP) is 1.29. The van der Waals surface area contributed by atoms with Crippen molar-refractivity contribution in [2.24, 2.45) is 11.8 Å². The molecule has 13 heavy (non-hydrogen) atoms. The first-order valence-electron chi connectivity index (χ1n) is 5.74.